The van der Waals surface area contributed by atoms with Gasteiger partial charge in [0.1, 0.15) is 13.2 Å². The number of ether oxygens (including phenoxy) is 3. The van der Waals surface area contributed by atoms with E-state index in [2.05, 4.69) is 34.6 Å². The van der Waals surface area contributed by atoms with Crippen molar-refractivity contribution in [2.45, 2.75) is 278 Å². The molecule has 0 aliphatic heterocycles. The van der Waals surface area contributed by atoms with Gasteiger partial charge in [-0.05, 0) is 31.1 Å². The molecule has 0 heterocycles. The summed E-state index contributed by atoms with van der Waals surface area (Å²) in [6, 6.07) is 0. The lowest BCUT2D eigenvalue weighted by molar-refractivity contribution is -0.167. The van der Waals surface area contributed by atoms with Gasteiger partial charge in [-0.3, -0.25) is 14.4 Å². The lowest BCUT2D eigenvalue weighted by Gasteiger charge is -2.18. The van der Waals surface area contributed by atoms with E-state index in [9.17, 15) is 14.4 Å². The summed E-state index contributed by atoms with van der Waals surface area (Å²) in [7, 11) is 0. The van der Waals surface area contributed by atoms with E-state index in [4.69, 9.17) is 14.2 Å². The van der Waals surface area contributed by atoms with E-state index in [1.54, 1.807) is 0 Å². The van der Waals surface area contributed by atoms with Crippen LogP contribution < -0.4 is 0 Å². The highest BCUT2D eigenvalue weighted by Crippen LogP contribution is 2.17. The minimum absolute atomic E-state index is 0.0646. The van der Waals surface area contributed by atoms with Gasteiger partial charge in [0.25, 0.3) is 0 Å². The monoisotopic (exact) mass is 793 g/mol. The van der Waals surface area contributed by atoms with Gasteiger partial charge in [0.15, 0.2) is 6.10 Å². The fraction of sp³-hybridized carbons (Fsp3) is 0.940. The number of carbonyl (C=O) groups is 3. The van der Waals surface area contributed by atoms with E-state index in [0.29, 0.717) is 19.3 Å². The molecule has 0 aliphatic carbocycles. The Hall–Kier alpha value is -1.59. The maximum atomic E-state index is 12.7. The van der Waals surface area contributed by atoms with Crippen LogP contribution in [0.25, 0.3) is 0 Å². The van der Waals surface area contributed by atoms with Crippen LogP contribution in [0.15, 0.2) is 0 Å². The van der Waals surface area contributed by atoms with Gasteiger partial charge in [-0.15, -0.1) is 0 Å². The van der Waals surface area contributed by atoms with Crippen molar-refractivity contribution in [1.29, 1.82) is 0 Å². The summed E-state index contributed by atoms with van der Waals surface area (Å²) < 4.78 is 16.7. The fourth-order valence-electron chi connectivity index (χ4n) is 7.43. The first-order chi connectivity index (χ1) is 27.3. The number of hydrogen-bond acceptors (Lipinski definition) is 6. The molecule has 0 aromatic carbocycles. The quantitative estimate of drug-likeness (QED) is 0.0347. The van der Waals surface area contributed by atoms with E-state index in [1.165, 1.54) is 161 Å². The zero-order valence-electron chi connectivity index (χ0n) is 38.3. The average Bonchev–Trinajstić information content (AvgIpc) is 3.18. The van der Waals surface area contributed by atoms with Gasteiger partial charge in [-0.25, -0.2) is 0 Å². The maximum absolute atomic E-state index is 12.7. The third kappa shape index (κ3) is 42.0. The van der Waals surface area contributed by atoms with Gasteiger partial charge in [0, 0.05) is 19.3 Å². The van der Waals surface area contributed by atoms with Crippen LogP contribution in [0.2, 0.25) is 0 Å². The number of unbranched alkanes of at least 4 members (excludes halogenated alkanes) is 28. The van der Waals surface area contributed by atoms with Gasteiger partial charge in [-0.2, -0.15) is 0 Å². The Bertz CT molecular complexity index is 856. The molecular weight excluding hydrogens is 697 g/mol. The molecule has 1 unspecified atom stereocenters. The zero-order valence-corrected chi connectivity index (χ0v) is 38.3. The van der Waals surface area contributed by atoms with Gasteiger partial charge < -0.3 is 14.2 Å². The molecule has 0 bridgehead atoms. The third-order valence-corrected chi connectivity index (χ3v) is 11.6. The lowest BCUT2D eigenvalue weighted by atomic mass is 9.99. The average molecular weight is 793 g/mol. The molecule has 0 saturated carbocycles. The summed E-state index contributed by atoms with van der Waals surface area (Å²) in [5.74, 6) is 0.822. The predicted octanol–water partition coefficient (Wildman–Crippen LogP) is 15.8. The van der Waals surface area contributed by atoms with E-state index in [1.807, 2.05) is 0 Å². The molecule has 0 rings (SSSR count). The SMILES string of the molecule is CCCCCCCCCCCCC(=O)O[C@H](COC(=O)CCCCCCCCCCCCCCCCC(C)CC)COC(=O)CCCCCCCCCC(C)C. The van der Waals surface area contributed by atoms with Crippen LogP contribution in [0.5, 0.6) is 0 Å². The van der Waals surface area contributed by atoms with Crippen molar-refractivity contribution < 1.29 is 28.6 Å². The minimum atomic E-state index is -0.760. The largest absolute Gasteiger partial charge is 0.462 e. The zero-order chi connectivity index (χ0) is 41.2. The van der Waals surface area contributed by atoms with E-state index < -0.39 is 6.10 Å². The maximum Gasteiger partial charge on any atom is 0.306 e. The Morgan fingerprint density at radius 1 is 0.375 bits per heavy atom. The highest BCUT2D eigenvalue weighted by Gasteiger charge is 2.19. The van der Waals surface area contributed by atoms with E-state index in [-0.39, 0.29) is 31.1 Å². The Morgan fingerprint density at radius 3 is 1.02 bits per heavy atom. The summed E-state index contributed by atoms with van der Waals surface area (Å²) in [5, 5.41) is 0. The van der Waals surface area contributed by atoms with E-state index >= 15 is 0 Å². The Balaban J connectivity index is 4.24. The first-order valence-corrected chi connectivity index (χ1v) is 24.8. The third-order valence-electron chi connectivity index (χ3n) is 11.6. The van der Waals surface area contributed by atoms with Crippen molar-refractivity contribution in [3.63, 3.8) is 0 Å². The van der Waals surface area contributed by atoms with Crippen molar-refractivity contribution >= 4 is 17.9 Å². The Kier molecular flexibility index (Phi) is 41.8. The van der Waals surface area contributed by atoms with Gasteiger partial charge in [-0.1, -0.05) is 234 Å². The molecule has 0 amide bonds. The second kappa shape index (κ2) is 43.0. The molecule has 0 radical (unpaired) electrons. The molecule has 0 saturated heterocycles. The van der Waals surface area contributed by atoms with E-state index in [0.717, 1.165) is 69.6 Å². The first kappa shape index (κ1) is 54.4. The van der Waals surface area contributed by atoms with Gasteiger partial charge in [0.2, 0.25) is 0 Å². The molecule has 0 N–H and O–H groups in total. The Morgan fingerprint density at radius 2 is 0.679 bits per heavy atom. The molecule has 332 valence electrons. The molecule has 0 aliphatic rings. The minimum Gasteiger partial charge on any atom is -0.462 e. The molecule has 6 nitrogen and oxygen atoms in total. The number of hydrogen-bond donors (Lipinski definition) is 0. The molecule has 2 atom stereocenters. The smallest absolute Gasteiger partial charge is 0.306 e. The summed E-state index contributed by atoms with van der Waals surface area (Å²) in [4.78, 5) is 37.8. The fourth-order valence-corrected chi connectivity index (χ4v) is 7.43. The number of rotatable bonds is 44. The molecule has 0 aromatic rings. The highest BCUT2D eigenvalue weighted by molar-refractivity contribution is 5.71. The van der Waals surface area contributed by atoms with Crippen LogP contribution in [-0.4, -0.2) is 37.2 Å². The van der Waals surface area contributed by atoms with Crippen LogP contribution >= 0.6 is 0 Å². The predicted molar refractivity (Wildman–Crippen MR) is 238 cm³/mol. The standard InChI is InChI=1S/C50H96O6/c1-6-8-9-10-11-12-20-26-32-37-42-50(53)56-47(44-55-49(52)41-36-31-27-22-23-28-33-38-45(3)4)43-54-48(51)40-35-30-25-21-18-16-14-13-15-17-19-24-29-34-39-46(5)7-2/h45-47H,6-44H2,1-5H3/t46?,47-/m1/s1. The lowest BCUT2D eigenvalue weighted by Crippen LogP contribution is -2.30. The van der Waals surface area contributed by atoms with Crippen molar-refractivity contribution in [3.05, 3.63) is 0 Å². The molecule has 56 heavy (non-hydrogen) atoms. The van der Waals surface area contributed by atoms with Crippen molar-refractivity contribution in [3.8, 4) is 0 Å². The van der Waals surface area contributed by atoms with Crippen LogP contribution in [0.1, 0.15) is 272 Å². The topological polar surface area (TPSA) is 78.9 Å². The van der Waals surface area contributed by atoms with Crippen LogP contribution in [0, 0.1) is 11.8 Å². The summed E-state index contributed by atoms with van der Waals surface area (Å²) in [6.07, 6.45) is 42.3. The first-order valence-electron chi connectivity index (χ1n) is 24.8. The molecule has 0 aromatic heterocycles. The second-order valence-electron chi connectivity index (χ2n) is 17.8. The van der Waals surface area contributed by atoms with Crippen LogP contribution in [0.4, 0.5) is 0 Å². The second-order valence-corrected chi connectivity index (χ2v) is 17.8. The summed E-state index contributed by atoms with van der Waals surface area (Å²) >= 11 is 0. The van der Waals surface area contributed by atoms with Gasteiger partial charge >= 0.3 is 17.9 Å². The summed E-state index contributed by atoms with van der Waals surface area (Å²) in [5.41, 5.74) is 0. The van der Waals surface area contributed by atoms with Crippen LogP contribution in [-0.2, 0) is 28.6 Å². The normalized spacial score (nSPS) is 12.5. The molecule has 0 fully saturated rings. The van der Waals surface area contributed by atoms with Gasteiger partial charge in [0.05, 0.1) is 0 Å². The molecule has 0 spiro atoms. The number of esters is 3. The molecule has 6 heteroatoms. The summed E-state index contributed by atoms with van der Waals surface area (Å²) in [6.45, 7) is 11.3. The number of carbonyl (C=O) groups excluding carboxylic acids is 3. The van der Waals surface area contributed by atoms with Crippen molar-refractivity contribution in [1.82, 2.24) is 0 Å². The van der Waals surface area contributed by atoms with Crippen molar-refractivity contribution in [2.24, 2.45) is 11.8 Å². The van der Waals surface area contributed by atoms with Crippen LogP contribution in [0.3, 0.4) is 0 Å². The molecular formula is C50H96O6. The van der Waals surface area contributed by atoms with Crippen molar-refractivity contribution in [2.75, 3.05) is 13.2 Å². The Labute approximate surface area is 348 Å². The highest BCUT2D eigenvalue weighted by atomic mass is 16.6.